The number of carboxylic acids is 1. The van der Waals surface area contributed by atoms with Gasteiger partial charge < -0.3 is 10.4 Å². The summed E-state index contributed by atoms with van der Waals surface area (Å²) < 4.78 is 0. The smallest absolute Gasteiger partial charge is 0.337 e. The second kappa shape index (κ2) is 7.11. The van der Waals surface area contributed by atoms with Gasteiger partial charge in [-0.2, -0.15) is 0 Å². The van der Waals surface area contributed by atoms with Crippen molar-refractivity contribution in [3.63, 3.8) is 0 Å². The minimum Gasteiger partial charge on any atom is -0.478 e. The summed E-state index contributed by atoms with van der Waals surface area (Å²) in [7, 11) is 0. The Morgan fingerprint density at radius 3 is 2.27 bits per heavy atom. The molecule has 2 aromatic carbocycles. The molecule has 0 saturated carbocycles. The van der Waals surface area contributed by atoms with Crippen LogP contribution in [0.25, 0.3) is 0 Å². The molecular weight excluding hydrogens is 325 g/mol. The lowest BCUT2D eigenvalue weighted by Crippen LogP contribution is -2.02. The molecule has 2 aromatic rings. The first-order valence-corrected chi connectivity index (χ1v) is 6.99. The first-order chi connectivity index (χ1) is 10.5. The zero-order valence-electron chi connectivity index (χ0n) is 11.2. The SMILES string of the molecule is O=C(/C=C\Nc1cc(Cl)ccc1C(=O)O)c1ccc(Cl)cc1. The van der Waals surface area contributed by atoms with E-state index in [1.807, 2.05) is 0 Å². The maximum Gasteiger partial charge on any atom is 0.337 e. The van der Waals surface area contributed by atoms with Crippen LogP contribution in [-0.4, -0.2) is 16.9 Å². The molecule has 0 heterocycles. The zero-order chi connectivity index (χ0) is 16.1. The zero-order valence-corrected chi connectivity index (χ0v) is 12.7. The molecule has 2 rings (SSSR count). The number of carbonyl (C=O) groups is 2. The third kappa shape index (κ3) is 4.10. The van der Waals surface area contributed by atoms with Crippen LogP contribution in [0.4, 0.5) is 5.69 Å². The Morgan fingerprint density at radius 2 is 1.64 bits per heavy atom. The van der Waals surface area contributed by atoms with E-state index in [2.05, 4.69) is 5.32 Å². The number of allylic oxidation sites excluding steroid dienone is 1. The monoisotopic (exact) mass is 335 g/mol. The van der Waals surface area contributed by atoms with E-state index in [0.717, 1.165) is 0 Å². The molecule has 0 fully saturated rings. The van der Waals surface area contributed by atoms with Crippen molar-refractivity contribution in [3.05, 3.63) is 75.9 Å². The molecule has 0 aliphatic carbocycles. The van der Waals surface area contributed by atoms with E-state index in [1.165, 1.54) is 30.5 Å². The molecule has 22 heavy (non-hydrogen) atoms. The van der Waals surface area contributed by atoms with Gasteiger partial charge in [-0.1, -0.05) is 23.2 Å². The van der Waals surface area contributed by atoms with Gasteiger partial charge >= 0.3 is 5.97 Å². The van der Waals surface area contributed by atoms with E-state index in [0.29, 0.717) is 21.3 Å². The molecule has 0 unspecified atom stereocenters. The molecule has 0 aliphatic rings. The highest BCUT2D eigenvalue weighted by molar-refractivity contribution is 6.31. The van der Waals surface area contributed by atoms with Crippen LogP contribution in [0.5, 0.6) is 0 Å². The van der Waals surface area contributed by atoms with Crippen molar-refractivity contribution in [2.75, 3.05) is 5.32 Å². The molecule has 0 spiro atoms. The predicted molar refractivity (Wildman–Crippen MR) is 87.0 cm³/mol. The summed E-state index contributed by atoms with van der Waals surface area (Å²) in [6, 6.07) is 10.8. The van der Waals surface area contributed by atoms with E-state index < -0.39 is 5.97 Å². The van der Waals surface area contributed by atoms with Crippen molar-refractivity contribution < 1.29 is 14.7 Å². The van der Waals surface area contributed by atoms with Crippen LogP contribution in [-0.2, 0) is 0 Å². The van der Waals surface area contributed by atoms with Gasteiger partial charge in [0.1, 0.15) is 0 Å². The number of benzene rings is 2. The number of anilines is 1. The van der Waals surface area contributed by atoms with Gasteiger partial charge in [0, 0.05) is 27.9 Å². The van der Waals surface area contributed by atoms with E-state index in [-0.39, 0.29) is 11.3 Å². The Morgan fingerprint density at radius 1 is 1.00 bits per heavy atom. The van der Waals surface area contributed by atoms with Crippen molar-refractivity contribution in [1.82, 2.24) is 0 Å². The van der Waals surface area contributed by atoms with Crippen LogP contribution in [0.3, 0.4) is 0 Å². The van der Waals surface area contributed by atoms with E-state index in [4.69, 9.17) is 28.3 Å². The Balaban J connectivity index is 2.12. The number of carbonyl (C=O) groups excluding carboxylic acids is 1. The lowest BCUT2D eigenvalue weighted by Gasteiger charge is -2.06. The van der Waals surface area contributed by atoms with Gasteiger partial charge in [-0.15, -0.1) is 0 Å². The van der Waals surface area contributed by atoms with Gasteiger partial charge in [-0.05, 0) is 42.5 Å². The van der Waals surface area contributed by atoms with Crippen molar-refractivity contribution in [3.8, 4) is 0 Å². The Kier molecular flexibility index (Phi) is 5.20. The molecule has 112 valence electrons. The highest BCUT2D eigenvalue weighted by Crippen LogP contribution is 2.21. The largest absolute Gasteiger partial charge is 0.478 e. The molecular formula is C16H11Cl2NO3. The Labute approximate surface area is 137 Å². The summed E-state index contributed by atoms with van der Waals surface area (Å²) in [4.78, 5) is 23.0. The average Bonchev–Trinajstić information content (AvgIpc) is 2.47. The summed E-state index contributed by atoms with van der Waals surface area (Å²) in [6.07, 6.45) is 2.67. The van der Waals surface area contributed by atoms with Crippen LogP contribution >= 0.6 is 23.2 Å². The second-order valence-electron chi connectivity index (χ2n) is 4.34. The van der Waals surface area contributed by atoms with Crippen LogP contribution in [0.1, 0.15) is 20.7 Å². The van der Waals surface area contributed by atoms with Crippen molar-refractivity contribution >= 4 is 40.6 Å². The number of hydrogen-bond acceptors (Lipinski definition) is 3. The van der Waals surface area contributed by atoms with E-state index >= 15 is 0 Å². The van der Waals surface area contributed by atoms with Gasteiger partial charge in [0.05, 0.1) is 11.3 Å². The molecule has 4 nitrogen and oxygen atoms in total. The van der Waals surface area contributed by atoms with Crippen molar-refractivity contribution in [1.29, 1.82) is 0 Å². The third-order valence-corrected chi connectivity index (χ3v) is 3.30. The topological polar surface area (TPSA) is 66.4 Å². The molecule has 0 aliphatic heterocycles. The van der Waals surface area contributed by atoms with Crippen LogP contribution in [0.15, 0.2) is 54.7 Å². The summed E-state index contributed by atoms with van der Waals surface area (Å²) >= 11 is 11.6. The number of aromatic carboxylic acids is 1. The quantitative estimate of drug-likeness (QED) is 0.623. The Bertz CT molecular complexity index is 740. The molecule has 2 N–H and O–H groups in total. The number of hydrogen-bond donors (Lipinski definition) is 2. The number of nitrogens with one attached hydrogen (secondary N) is 1. The first-order valence-electron chi connectivity index (χ1n) is 6.23. The standard InChI is InChI=1S/C16H11Cl2NO3/c17-11-3-1-10(2-4-11)15(20)7-8-19-14-9-12(18)5-6-13(14)16(21)22/h1-9,19H,(H,21,22)/b8-7-. The van der Waals surface area contributed by atoms with Crippen LogP contribution in [0.2, 0.25) is 10.0 Å². The summed E-state index contributed by atoms with van der Waals surface area (Å²) in [5, 5.41) is 12.8. The van der Waals surface area contributed by atoms with Gasteiger partial charge in [0.25, 0.3) is 0 Å². The van der Waals surface area contributed by atoms with Crippen molar-refractivity contribution in [2.24, 2.45) is 0 Å². The lowest BCUT2D eigenvalue weighted by molar-refractivity contribution is 0.0698. The maximum atomic E-state index is 11.9. The fourth-order valence-corrected chi connectivity index (χ4v) is 2.04. The lowest BCUT2D eigenvalue weighted by atomic mass is 10.1. The first kappa shape index (κ1) is 16.1. The number of halogens is 2. The Hall–Kier alpha value is -2.30. The number of carboxylic acid groups (broad SMARTS) is 1. The predicted octanol–water partition coefficient (Wildman–Crippen LogP) is 4.50. The summed E-state index contributed by atoms with van der Waals surface area (Å²) in [5.74, 6) is -1.32. The van der Waals surface area contributed by atoms with E-state index in [1.54, 1.807) is 24.3 Å². The van der Waals surface area contributed by atoms with Crippen LogP contribution in [0, 0.1) is 0 Å². The molecule has 0 bridgehead atoms. The highest BCUT2D eigenvalue weighted by Gasteiger charge is 2.09. The third-order valence-electron chi connectivity index (χ3n) is 2.81. The molecule has 0 atom stereocenters. The van der Waals surface area contributed by atoms with E-state index in [9.17, 15) is 9.59 Å². The van der Waals surface area contributed by atoms with Gasteiger partial charge in [-0.3, -0.25) is 4.79 Å². The highest BCUT2D eigenvalue weighted by atomic mass is 35.5. The summed E-state index contributed by atoms with van der Waals surface area (Å²) in [5.41, 5.74) is 0.847. The fraction of sp³-hybridized carbons (Fsp3) is 0. The molecule has 6 heteroatoms. The van der Waals surface area contributed by atoms with Gasteiger partial charge in [0.2, 0.25) is 0 Å². The molecule has 0 saturated heterocycles. The summed E-state index contributed by atoms with van der Waals surface area (Å²) in [6.45, 7) is 0. The normalized spacial score (nSPS) is 10.6. The number of ketones is 1. The molecule has 0 aromatic heterocycles. The number of rotatable bonds is 5. The molecule has 0 radical (unpaired) electrons. The van der Waals surface area contributed by atoms with Gasteiger partial charge in [-0.25, -0.2) is 4.79 Å². The fourth-order valence-electron chi connectivity index (χ4n) is 1.74. The average molecular weight is 336 g/mol. The minimum absolute atomic E-state index is 0.0630. The van der Waals surface area contributed by atoms with Gasteiger partial charge in [0.15, 0.2) is 5.78 Å². The maximum absolute atomic E-state index is 11.9. The second-order valence-corrected chi connectivity index (χ2v) is 5.22. The molecule has 0 amide bonds. The van der Waals surface area contributed by atoms with Crippen LogP contribution < -0.4 is 5.32 Å². The minimum atomic E-state index is -1.09. The van der Waals surface area contributed by atoms with Crippen molar-refractivity contribution in [2.45, 2.75) is 0 Å².